The van der Waals surface area contributed by atoms with Crippen LogP contribution in [0.1, 0.15) is 6.92 Å². The number of nitrogens with zero attached hydrogens (tertiary/aromatic N) is 2. The molecule has 0 unspecified atom stereocenters. The second-order valence-electron chi connectivity index (χ2n) is 7.08. The van der Waals surface area contributed by atoms with Crippen LogP contribution < -0.4 is 14.4 Å². The van der Waals surface area contributed by atoms with Crippen molar-refractivity contribution in [3.63, 3.8) is 0 Å². The van der Waals surface area contributed by atoms with Gasteiger partial charge in [-0.2, -0.15) is 0 Å². The molecule has 166 valence electrons. The molecule has 1 heterocycles. The van der Waals surface area contributed by atoms with Crippen LogP contribution in [0.2, 0.25) is 0 Å². The van der Waals surface area contributed by atoms with E-state index in [9.17, 15) is 13.2 Å². The molecule has 1 amide bonds. The summed E-state index contributed by atoms with van der Waals surface area (Å²) < 4.78 is 30.4. The number of methoxy groups -OCH3 is 1. The molecule has 4 aromatic rings. The molecule has 3 aromatic carbocycles. The van der Waals surface area contributed by atoms with E-state index in [1.165, 1.54) is 20.1 Å². The molecule has 1 N–H and O–H groups in total. The largest absolute Gasteiger partial charge is 0.494 e. The van der Waals surface area contributed by atoms with Gasteiger partial charge in [0.25, 0.3) is 0 Å². The molecular formula is C23H22ClN3O4S. The number of pyridine rings is 1. The molecule has 0 aliphatic carbocycles. The van der Waals surface area contributed by atoms with E-state index in [1.807, 2.05) is 48.5 Å². The van der Waals surface area contributed by atoms with Crippen LogP contribution in [-0.2, 0) is 14.8 Å². The first kappa shape index (κ1) is 23.3. The number of para-hydroxylation sites is 2. The predicted molar refractivity (Wildman–Crippen MR) is 131 cm³/mol. The third kappa shape index (κ3) is 4.32. The highest BCUT2D eigenvalue weighted by molar-refractivity contribution is 7.92. The Morgan fingerprint density at radius 1 is 0.969 bits per heavy atom. The Morgan fingerprint density at radius 2 is 1.53 bits per heavy atom. The van der Waals surface area contributed by atoms with Gasteiger partial charge in [0.15, 0.2) is 0 Å². The van der Waals surface area contributed by atoms with E-state index >= 15 is 0 Å². The number of carbonyl (C=O) groups is 1. The number of anilines is 3. The highest BCUT2D eigenvalue weighted by Crippen LogP contribution is 2.37. The molecule has 4 rings (SSSR count). The van der Waals surface area contributed by atoms with Crippen molar-refractivity contribution in [2.45, 2.75) is 6.92 Å². The standard InChI is InChI=1S/C23H21N3O4S.ClH/c1-15(27)26(31(3,28)29)16-12-13-21(22(14-16)30-2)25-23-17-8-4-6-10-19(17)24-20-11-7-5-9-18(20)23;/h4-14H,1-3H3,(H,24,25);1H. The maximum Gasteiger partial charge on any atom is 0.238 e. The van der Waals surface area contributed by atoms with Gasteiger partial charge in [0.2, 0.25) is 15.9 Å². The molecule has 0 atom stereocenters. The van der Waals surface area contributed by atoms with Crippen molar-refractivity contribution >= 4 is 67.2 Å². The average Bonchev–Trinajstić information content (AvgIpc) is 2.73. The van der Waals surface area contributed by atoms with Crippen LogP contribution in [0.4, 0.5) is 17.1 Å². The summed E-state index contributed by atoms with van der Waals surface area (Å²) >= 11 is 0. The molecule has 0 aliphatic rings. The van der Waals surface area contributed by atoms with Crippen molar-refractivity contribution in [2.75, 3.05) is 23.0 Å². The number of aromatic nitrogens is 1. The third-order valence-electron chi connectivity index (χ3n) is 4.88. The maximum absolute atomic E-state index is 12.1. The number of hydrogen-bond donors (Lipinski definition) is 1. The van der Waals surface area contributed by atoms with Gasteiger partial charge < -0.3 is 10.1 Å². The summed E-state index contributed by atoms with van der Waals surface area (Å²) in [4.78, 5) is 16.7. The lowest BCUT2D eigenvalue weighted by Gasteiger charge is -2.21. The zero-order chi connectivity index (χ0) is 22.2. The van der Waals surface area contributed by atoms with Crippen LogP contribution in [0.15, 0.2) is 66.7 Å². The minimum atomic E-state index is -3.77. The molecule has 0 fully saturated rings. The van der Waals surface area contributed by atoms with Crippen molar-refractivity contribution in [2.24, 2.45) is 0 Å². The average molecular weight is 472 g/mol. The Balaban J connectivity index is 0.00000289. The van der Waals surface area contributed by atoms with E-state index in [4.69, 9.17) is 9.72 Å². The Hall–Kier alpha value is -3.36. The Labute approximate surface area is 192 Å². The first-order valence-electron chi connectivity index (χ1n) is 9.53. The van der Waals surface area contributed by atoms with Crippen molar-refractivity contribution < 1.29 is 17.9 Å². The minimum absolute atomic E-state index is 0. The van der Waals surface area contributed by atoms with Gasteiger partial charge in [-0.25, -0.2) is 17.7 Å². The van der Waals surface area contributed by atoms with E-state index in [-0.39, 0.29) is 18.1 Å². The third-order valence-corrected chi connectivity index (χ3v) is 6.02. The van der Waals surface area contributed by atoms with E-state index in [1.54, 1.807) is 12.1 Å². The zero-order valence-electron chi connectivity index (χ0n) is 17.7. The van der Waals surface area contributed by atoms with Gasteiger partial charge in [0.05, 0.1) is 41.5 Å². The fourth-order valence-electron chi connectivity index (χ4n) is 3.63. The molecule has 0 saturated carbocycles. The van der Waals surface area contributed by atoms with Crippen LogP contribution in [0.3, 0.4) is 0 Å². The predicted octanol–water partition coefficient (Wildman–Crippen LogP) is 4.87. The van der Waals surface area contributed by atoms with Crippen molar-refractivity contribution in [1.29, 1.82) is 0 Å². The number of nitrogens with one attached hydrogen (secondary N) is 1. The molecule has 1 aromatic heterocycles. The van der Waals surface area contributed by atoms with Crippen molar-refractivity contribution in [3.8, 4) is 5.75 Å². The summed E-state index contributed by atoms with van der Waals surface area (Å²) in [5, 5.41) is 5.30. The van der Waals surface area contributed by atoms with E-state index in [0.717, 1.165) is 38.1 Å². The summed E-state index contributed by atoms with van der Waals surface area (Å²) in [7, 11) is -2.28. The number of sulfonamides is 1. The van der Waals surface area contributed by atoms with Gasteiger partial charge in [-0.3, -0.25) is 4.79 Å². The summed E-state index contributed by atoms with van der Waals surface area (Å²) in [5.74, 6) is -0.200. The normalized spacial score (nSPS) is 11.1. The van der Waals surface area contributed by atoms with Crippen LogP contribution in [0, 0.1) is 0 Å². The number of rotatable bonds is 5. The van der Waals surface area contributed by atoms with Crippen LogP contribution in [0.25, 0.3) is 21.8 Å². The summed E-state index contributed by atoms with van der Waals surface area (Å²) in [6.45, 7) is 1.20. The molecule has 9 heteroatoms. The van der Waals surface area contributed by atoms with Gasteiger partial charge in [0, 0.05) is 23.8 Å². The SMILES string of the molecule is COc1cc(N(C(C)=O)S(C)(=O)=O)ccc1Nc1c2ccccc2nc2ccccc12.Cl. The smallest absolute Gasteiger partial charge is 0.238 e. The maximum atomic E-state index is 12.1. The Morgan fingerprint density at radius 3 is 2.03 bits per heavy atom. The van der Waals surface area contributed by atoms with Crippen molar-refractivity contribution in [3.05, 3.63) is 66.7 Å². The summed E-state index contributed by atoms with van der Waals surface area (Å²) in [5.41, 5.74) is 3.39. The second kappa shape index (κ2) is 9.02. The van der Waals surface area contributed by atoms with E-state index in [0.29, 0.717) is 11.4 Å². The minimum Gasteiger partial charge on any atom is -0.494 e. The van der Waals surface area contributed by atoms with E-state index < -0.39 is 15.9 Å². The number of fused-ring (bicyclic) bond motifs is 2. The number of hydrogen-bond acceptors (Lipinski definition) is 6. The lowest BCUT2D eigenvalue weighted by atomic mass is 10.1. The summed E-state index contributed by atoms with van der Waals surface area (Å²) in [6.07, 6.45) is 0.988. The lowest BCUT2D eigenvalue weighted by molar-refractivity contribution is -0.115. The fourth-order valence-corrected chi connectivity index (χ4v) is 4.59. The van der Waals surface area contributed by atoms with Gasteiger partial charge in [-0.15, -0.1) is 12.4 Å². The molecule has 0 bridgehead atoms. The number of ether oxygens (including phenoxy) is 1. The highest BCUT2D eigenvalue weighted by atomic mass is 35.5. The molecule has 0 radical (unpaired) electrons. The molecule has 32 heavy (non-hydrogen) atoms. The van der Waals surface area contributed by atoms with Crippen LogP contribution >= 0.6 is 12.4 Å². The lowest BCUT2D eigenvalue weighted by Crippen LogP contribution is -2.34. The second-order valence-corrected chi connectivity index (χ2v) is 8.91. The first-order valence-corrected chi connectivity index (χ1v) is 11.4. The number of halogens is 1. The molecule has 0 saturated heterocycles. The van der Waals surface area contributed by atoms with Crippen LogP contribution in [0.5, 0.6) is 5.75 Å². The number of benzene rings is 3. The quantitative estimate of drug-likeness (QED) is 0.417. The van der Waals surface area contributed by atoms with Gasteiger partial charge >= 0.3 is 0 Å². The molecule has 7 nitrogen and oxygen atoms in total. The summed E-state index contributed by atoms with van der Waals surface area (Å²) in [6, 6.07) is 20.4. The zero-order valence-corrected chi connectivity index (χ0v) is 19.3. The fraction of sp³-hybridized carbons (Fsp3) is 0.130. The first-order chi connectivity index (χ1) is 14.8. The highest BCUT2D eigenvalue weighted by Gasteiger charge is 2.23. The monoisotopic (exact) mass is 471 g/mol. The number of amides is 1. The Kier molecular flexibility index (Phi) is 6.57. The van der Waals surface area contributed by atoms with E-state index in [2.05, 4.69) is 5.32 Å². The van der Waals surface area contributed by atoms with Gasteiger partial charge in [0.1, 0.15) is 5.75 Å². The van der Waals surface area contributed by atoms with Crippen molar-refractivity contribution in [1.82, 2.24) is 4.98 Å². The van der Waals surface area contributed by atoms with Gasteiger partial charge in [-0.1, -0.05) is 36.4 Å². The molecule has 0 spiro atoms. The van der Waals surface area contributed by atoms with Gasteiger partial charge in [-0.05, 0) is 24.3 Å². The number of carbonyl (C=O) groups excluding carboxylic acids is 1. The molecule has 0 aliphatic heterocycles. The topological polar surface area (TPSA) is 88.6 Å². The molecular weight excluding hydrogens is 450 g/mol. The Bertz CT molecular complexity index is 1370. The van der Waals surface area contributed by atoms with Crippen LogP contribution in [-0.4, -0.2) is 32.7 Å².